The summed E-state index contributed by atoms with van der Waals surface area (Å²) in [6.45, 7) is 0. The first-order chi connectivity index (χ1) is 26.3. The number of fused-ring (bicyclic) bond motifs is 14. The van der Waals surface area contributed by atoms with Crippen molar-refractivity contribution in [3.8, 4) is 34.0 Å². The summed E-state index contributed by atoms with van der Waals surface area (Å²) in [6, 6.07) is 57.1. The molecule has 0 N–H and O–H groups in total. The molecule has 2 aliphatic carbocycles. The first-order valence-electron chi connectivity index (χ1n) is 18.0. The van der Waals surface area contributed by atoms with Gasteiger partial charge in [0.2, 0.25) is 0 Å². The molecule has 8 aromatic rings. The number of pyridine rings is 2. The summed E-state index contributed by atoms with van der Waals surface area (Å²) < 4.78 is 7.11. The first kappa shape index (κ1) is 29.2. The van der Waals surface area contributed by atoms with Crippen molar-refractivity contribution < 1.29 is 4.74 Å². The molecule has 0 saturated heterocycles. The molecule has 4 aliphatic rings. The average molecular weight is 696 g/mol. The largest absolute Gasteiger partial charge is 0.456 e. The maximum Gasteiger partial charge on any atom is 0.136 e. The predicted molar refractivity (Wildman–Crippen MR) is 211 cm³/mol. The van der Waals surface area contributed by atoms with Gasteiger partial charge in [0.15, 0.2) is 0 Å². The van der Waals surface area contributed by atoms with Crippen molar-refractivity contribution in [2.75, 3.05) is 4.90 Å². The normalized spacial score (nSPS) is 15.9. The maximum atomic E-state index is 7.11. The van der Waals surface area contributed by atoms with Gasteiger partial charge in [0, 0.05) is 50.5 Å². The van der Waals surface area contributed by atoms with E-state index in [1.165, 1.54) is 43.4 Å². The van der Waals surface area contributed by atoms with E-state index in [1.807, 2.05) is 36.3 Å². The minimum atomic E-state index is -0.620. The molecule has 2 aromatic heterocycles. The Bertz CT molecular complexity index is 2750. The molecule has 1 atom stereocenters. The van der Waals surface area contributed by atoms with Crippen LogP contribution < -0.4 is 9.64 Å². The van der Waals surface area contributed by atoms with E-state index in [9.17, 15) is 0 Å². The van der Waals surface area contributed by atoms with Crippen molar-refractivity contribution in [1.82, 2.24) is 9.97 Å². The van der Waals surface area contributed by atoms with Gasteiger partial charge in [0.1, 0.15) is 11.5 Å². The van der Waals surface area contributed by atoms with Gasteiger partial charge < -0.3 is 9.64 Å². The van der Waals surface area contributed by atoms with E-state index >= 15 is 0 Å². The van der Waals surface area contributed by atoms with E-state index in [2.05, 4.69) is 150 Å². The van der Waals surface area contributed by atoms with Crippen LogP contribution in [0.5, 0.6) is 11.5 Å². The highest BCUT2D eigenvalue weighted by Crippen LogP contribution is 2.63. The third-order valence-corrected chi connectivity index (χ3v) is 12.6. The van der Waals surface area contributed by atoms with Crippen molar-refractivity contribution in [2.45, 2.75) is 21.1 Å². The third kappa shape index (κ3) is 3.82. The zero-order valence-corrected chi connectivity index (χ0v) is 29.2. The van der Waals surface area contributed by atoms with Gasteiger partial charge >= 0.3 is 0 Å². The molecule has 248 valence electrons. The topological polar surface area (TPSA) is 38.2 Å². The number of benzene rings is 6. The molecule has 1 unspecified atom stereocenters. The Kier molecular flexibility index (Phi) is 5.94. The first-order valence-corrected chi connectivity index (χ1v) is 18.8. The Hall–Kier alpha value is -6.43. The predicted octanol–water partition coefficient (Wildman–Crippen LogP) is 12.0. The molecule has 12 rings (SSSR count). The molecule has 2 aliphatic heterocycles. The fourth-order valence-electron chi connectivity index (χ4n) is 9.48. The summed E-state index contributed by atoms with van der Waals surface area (Å²) in [6.07, 6.45) is 3.75. The van der Waals surface area contributed by atoms with E-state index in [0.717, 1.165) is 56.4 Å². The van der Waals surface area contributed by atoms with E-state index in [0.29, 0.717) is 0 Å². The van der Waals surface area contributed by atoms with Crippen molar-refractivity contribution in [2.24, 2.45) is 0 Å². The Labute approximate surface area is 311 Å². The molecule has 4 heterocycles. The molecule has 1 spiro atoms. The summed E-state index contributed by atoms with van der Waals surface area (Å²) >= 11 is 1.84. The zero-order chi connectivity index (χ0) is 34.7. The number of nitrogens with zero attached hydrogens (tertiary/aromatic N) is 3. The Morgan fingerprint density at radius 1 is 0.509 bits per heavy atom. The second-order valence-electron chi connectivity index (χ2n) is 14.0. The lowest BCUT2D eigenvalue weighted by atomic mass is 9.65. The van der Waals surface area contributed by atoms with E-state index < -0.39 is 5.41 Å². The standard InChI is InChI=1S/C48H29N3OS/c1-2-13-31-30(12-1)34-28-29(51-39-19-4-7-22-42(39)53-43-23-8-5-20-40(43)51)24-25-32(34)44(31)33-14-9-16-38-47(33)52-41-21-6-3-15-35(41)48(38)36-17-10-26-49-45(36)46-37(48)18-11-27-50-46/h1-28,44H. The summed E-state index contributed by atoms with van der Waals surface area (Å²) in [7, 11) is 0. The highest BCUT2D eigenvalue weighted by molar-refractivity contribution is 7.99. The van der Waals surface area contributed by atoms with E-state index in [1.54, 1.807) is 0 Å². The molecule has 0 saturated carbocycles. The summed E-state index contributed by atoms with van der Waals surface area (Å²) in [5.41, 5.74) is 15.5. The van der Waals surface area contributed by atoms with Gasteiger partial charge in [0.25, 0.3) is 0 Å². The van der Waals surface area contributed by atoms with Crippen molar-refractivity contribution in [3.05, 3.63) is 209 Å². The van der Waals surface area contributed by atoms with Crippen LogP contribution in [0.3, 0.4) is 0 Å². The van der Waals surface area contributed by atoms with Crippen molar-refractivity contribution >= 4 is 28.8 Å². The van der Waals surface area contributed by atoms with Gasteiger partial charge in [0.05, 0.1) is 28.2 Å². The van der Waals surface area contributed by atoms with Gasteiger partial charge in [-0.1, -0.05) is 115 Å². The van der Waals surface area contributed by atoms with Gasteiger partial charge in [-0.05, 0) is 88.0 Å². The Balaban J connectivity index is 1.09. The number of hydrogen-bond acceptors (Lipinski definition) is 5. The molecular formula is C48H29N3OS. The monoisotopic (exact) mass is 695 g/mol. The van der Waals surface area contributed by atoms with Gasteiger partial charge in [-0.2, -0.15) is 0 Å². The SMILES string of the molecule is c1ccc2c(c1)Oc1c(C3c4ccccc4-c4cc(N5c6ccccc6Sc6ccccc65)ccc43)cccc1C21c2cccnc2-c2ncccc21. The van der Waals surface area contributed by atoms with Gasteiger partial charge in [-0.3, -0.25) is 9.97 Å². The molecular weight excluding hydrogens is 667 g/mol. The van der Waals surface area contributed by atoms with Crippen molar-refractivity contribution in [1.29, 1.82) is 0 Å². The van der Waals surface area contributed by atoms with Crippen LogP contribution in [0.4, 0.5) is 17.1 Å². The number of aromatic nitrogens is 2. The minimum absolute atomic E-state index is 0.0212. The summed E-state index contributed by atoms with van der Waals surface area (Å²) in [5, 5.41) is 0. The quantitative estimate of drug-likeness (QED) is 0.180. The van der Waals surface area contributed by atoms with E-state index in [4.69, 9.17) is 14.7 Å². The van der Waals surface area contributed by atoms with Gasteiger partial charge in [-0.25, -0.2) is 0 Å². The number of hydrogen-bond donors (Lipinski definition) is 0. The molecule has 0 amide bonds. The lowest BCUT2D eigenvalue weighted by molar-refractivity contribution is 0.430. The van der Waals surface area contributed by atoms with Crippen LogP contribution >= 0.6 is 11.8 Å². The maximum absolute atomic E-state index is 7.11. The molecule has 53 heavy (non-hydrogen) atoms. The van der Waals surface area contributed by atoms with Crippen molar-refractivity contribution in [3.63, 3.8) is 0 Å². The Morgan fingerprint density at radius 3 is 1.89 bits per heavy atom. The van der Waals surface area contributed by atoms with Crippen LogP contribution in [0.15, 0.2) is 180 Å². The highest BCUT2D eigenvalue weighted by Gasteiger charge is 2.53. The lowest BCUT2D eigenvalue weighted by Crippen LogP contribution is -2.32. The number of rotatable bonds is 2. The van der Waals surface area contributed by atoms with Crippen LogP contribution in [-0.2, 0) is 5.41 Å². The highest BCUT2D eigenvalue weighted by atomic mass is 32.2. The number of ether oxygens (including phenoxy) is 1. The fraction of sp³-hybridized carbons (Fsp3) is 0.0417. The van der Waals surface area contributed by atoms with Gasteiger partial charge in [-0.15, -0.1) is 0 Å². The van der Waals surface area contributed by atoms with Crippen LogP contribution in [0.25, 0.3) is 22.5 Å². The zero-order valence-electron chi connectivity index (χ0n) is 28.4. The average Bonchev–Trinajstić information content (AvgIpc) is 3.70. The van der Waals surface area contributed by atoms with Crippen LogP contribution in [0.2, 0.25) is 0 Å². The summed E-state index contributed by atoms with van der Waals surface area (Å²) in [4.78, 5) is 14.8. The van der Waals surface area contributed by atoms with Crippen LogP contribution in [0.1, 0.15) is 44.9 Å². The molecule has 0 fully saturated rings. The minimum Gasteiger partial charge on any atom is -0.456 e. The molecule has 0 radical (unpaired) electrons. The Morgan fingerprint density at radius 2 is 1.11 bits per heavy atom. The lowest BCUT2D eigenvalue weighted by Gasteiger charge is -2.40. The van der Waals surface area contributed by atoms with E-state index in [-0.39, 0.29) is 5.92 Å². The molecule has 5 heteroatoms. The van der Waals surface area contributed by atoms with Crippen LogP contribution in [-0.4, -0.2) is 9.97 Å². The summed E-state index contributed by atoms with van der Waals surface area (Å²) in [5.74, 6) is 1.75. The number of anilines is 3. The third-order valence-electron chi connectivity index (χ3n) is 11.5. The number of para-hydroxylation sites is 4. The molecule has 0 bridgehead atoms. The second-order valence-corrected chi connectivity index (χ2v) is 15.1. The second kappa shape index (κ2) is 10.8. The molecule has 4 nitrogen and oxygen atoms in total. The fourth-order valence-corrected chi connectivity index (χ4v) is 10.5. The molecule has 6 aromatic carbocycles. The smallest absolute Gasteiger partial charge is 0.136 e. The van der Waals surface area contributed by atoms with Crippen LogP contribution in [0, 0.1) is 0 Å².